The van der Waals surface area contributed by atoms with E-state index in [-0.39, 0.29) is 0 Å². The van der Waals surface area contributed by atoms with Crippen LogP contribution in [0.25, 0.3) is 0 Å². The molecule has 2 aromatic heterocycles. The third kappa shape index (κ3) is 10.0. The lowest BCUT2D eigenvalue weighted by Crippen LogP contribution is -2.01. The van der Waals surface area contributed by atoms with E-state index in [1.54, 1.807) is 0 Å². The van der Waals surface area contributed by atoms with Crippen molar-refractivity contribution in [2.45, 2.75) is 64.2 Å². The standard InChI is InChI=1S/C22H34N4/c1(3-5-7-9-15-25-21-11-17-23-18-12-21)2-4-6-8-10-16-26-22-13-19-24-20-14-22/h11-14,17-20H,1-10,15-16H2,(H,23,25)(H,24,26). The molecule has 0 amide bonds. The summed E-state index contributed by atoms with van der Waals surface area (Å²) in [7, 11) is 0. The van der Waals surface area contributed by atoms with Crippen molar-refractivity contribution >= 4 is 11.4 Å². The number of nitrogens with one attached hydrogen (secondary N) is 2. The summed E-state index contributed by atoms with van der Waals surface area (Å²) in [6.07, 6.45) is 20.8. The number of hydrogen-bond acceptors (Lipinski definition) is 4. The molecule has 26 heavy (non-hydrogen) atoms. The van der Waals surface area contributed by atoms with Crippen LogP contribution in [0.3, 0.4) is 0 Å². The molecule has 2 aromatic rings. The van der Waals surface area contributed by atoms with Gasteiger partial charge in [-0.1, -0.05) is 51.4 Å². The molecule has 0 aliphatic heterocycles. The quantitative estimate of drug-likeness (QED) is 0.391. The molecular weight excluding hydrogens is 320 g/mol. The van der Waals surface area contributed by atoms with E-state index < -0.39 is 0 Å². The molecule has 0 saturated carbocycles. The van der Waals surface area contributed by atoms with Gasteiger partial charge in [0.2, 0.25) is 0 Å². The first-order chi connectivity index (χ1) is 12.9. The lowest BCUT2D eigenvalue weighted by Gasteiger charge is -2.06. The van der Waals surface area contributed by atoms with Crippen molar-refractivity contribution in [3.05, 3.63) is 49.1 Å². The van der Waals surface area contributed by atoms with Crippen LogP contribution in [0.1, 0.15) is 64.2 Å². The Hall–Kier alpha value is -2.10. The van der Waals surface area contributed by atoms with Gasteiger partial charge in [-0.15, -0.1) is 0 Å². The molecule has 0 atom stereocenters. The van der Waals surface area contributed by atoms with Gasteiger partial charge in [0.25, 0.3) is 0 Å². The minimum Gasteiger partial charge on any atom is -0.385 e. The Kier molecular flexibility index (Phi) is 11.0. The van der Waals surface area contributed by atoms with Gasteiger partial charge in [0.15, 0.2) is 0 Å². The van der Waals surface area contributed by atoms with E-state index in [2.05, 4.69) is 20.6 Å². The zero-order chi connectivity index (χ0) is 18.1. The van der Waals surface area contributed by atoms with Crippen LogP contribution in [0.5, 0.6) is 0 Å². The van der Waals surface area contributed by atoms with Gasteiger partial charge in [0, 0.05) is 49.3 Å². The molecule has 0 saturated heterocycles. The van der Waals surface area contributed by atoms with Crippen molar-refractivity contribution in [3.8, 4) is 0 Å². The second kappa shape index (κ2) is 14.1. The van der Waals surface area contributed by atoms with Crippen molar-refractivity contribution in [2.24, 2.45) is 0 Å². The highest BCUT2D eigenvalue weighted by Gasteiger charge is 1.95. The number of hydrogen-bond donors (Lipinski definition) is 2. The number of rotatable bonds is 15. The van der Waals surface area contributed by atoms with Gasteiger partial charge < -0.3 is 10.6 Å². The van der Waals surface area contributed by atoms with Crippen molar-refractivity contribution in [2.75, 3.05) is 23.7 Å². The molecule has 2 heterocycles. The maximum atomic E-state index is 4.03. The third-order valence-electron chi connectivity index (χ3n) is 4.62. The van der Waals surface area contributed by atoms with Crippen LogP contribution in [0.4, 0.5) is 11.4 Å². The van der Waals surface area contributed by atoms with E-state index in [4.69, 9.17) is 0 Å². The normalized spacial score (nSPS) is 10.6. The first-order valence-electron chi connectivity index (χ1n) is 10.2. The highest BCUT2D eigenvalue weighted by atomic mass is 14.9. The summed E-state index contributed by atoms with van der Waals surface area (Å²) < 4.78 is 0. The van der Waals surface area contributed by atoms with Crippen LogP contribution < -0.4 is 10.6 Å². The second-order valence-electron chi connectivity index (χ2n) is 6.86. The van der Waals surface area contributed by atoms with E-state index >= 15 is 0 Å². The Morgan fingerprint density at radius 1 is 0.462 bits per heavy atom. The van der Waals surface area contributed by atoms with Crippen molar-refractivity contribution < 1.29 is 0 Å². The average Bonchev–Trinajstić information content (AvgIpc) is 2.70. The molecule has 0 spiro atoms. The molecule has 2 N–H and O–H groups in total. The van der Waals surface area contributed by atoms with Gasteiger partial charge in [0.05, 0.1) is 0 Å². The molecule has 0 bridgehead atoms. The molecule has 0 unspecified atom stereocenters. The second-order valence-corrected chi connectivity index (χ2v) is 6.86. The van der Waals surface area contributed by atoms with Crippen LogP contribution in [0.2, 0.25) is 0 Å². The molecule has 0 fully saturated rings. The molecule has 2 rings (SSSR count). The molecule has 0 aliphatic carbocycles. The number of pyridine rings is 2. The maximum absolute atomic E-state index is 4.03. The summed E-state index contributed by atoms with van der Waals surface area (Å²) in [4.78, 5) is 8.05. The van der Waals surface area contributed by atoms with Gasteiger partial charge in [-0.3, -0.25) is 9.97 Å². The highest BCUT2D eigenvalue weighted by Crippen LogP contribution is 2.11. The fraction of sp³-hybridized carbons (Fsp3) is 0.545. The summed E-state index contributed by atoms with van der Waals surface area (Å²) in [5.74, 6) is 0. The number of unbranched alkanes of at least 4 members (excludes halogenated alkanes) is 9. The molecule has 0 radical (unpaired) electrons. The van der Waals surface area contributed by atoms with Gasteiger partial charge >= 0.3 is 0 Å². The minimum atomic E-state index is 1.07. The number of aromatic nitrogens is 2. The Balaban J connectivity index is 1.28. The molecular formula is C22H34N4. The highest BCUT2D eigenvalue weighted by molar-refractivity contribution is 5.41. The Morgan fingerprint density at radius 2 is 0.769 bits per heavy atom. The largest absolute Gasteiger partial charge is 0.385 e. The van der Waals surface area contributed by atoms with Gasteiger partial charge in [-0.25, -0.2) is 0 Å². The van der Waals surface area contributed by atoms with E-state index in [9.17, 15) is 0 Å². The lowest BCUT2D eigenvalue weighted by molar-refractivity contribution is 0.557. The predicted molar refractivity (Wildman–Crippen MR) is 112 cm³/mol. The zero-order valence-electron chi connectivity index (χ0n) is 16.0. The molecule has 4 heteroatoms. The summed E-state index contributed by atoms with van der Waals surface area (Å²) in [5, 5.41) is 6.88. The first-order valence-corrected chi connectivity index (χ1v) is 10.2. The summed E-state index contributed by atoms with van der Waals surface area (Å²) in [6, 6.07) is 8.09. The van der Waals surface area contributed by atoms with Crippen LogP contribution in [0.15, 0.2) is 49.1 Å². The predicted octanol–water partition coefficient (Wildman–Crippen LogP) is 5.90. The lowest BCUT2D eigenvalue weighted by atomic mass is 10.1. The average molecular weight is 355 g/mol. The Morgan fingerprint density at radius 3 is 1.12 bits per heavy atom. The maximum Gasteiger partial charge on any atom is 0.0371 e. The third-order valence-corrected chi connectivity index (χ3v) is 4.62. The van der Waals surface area contributed by atoms with Crippen molar-refractivity contribution in [1.82, 2.24) is 9.97 Å². The first kappa shape index (κ1) is 20.2. The van der Waals surface area contributed by atoms with Crippen LogP contribution in [-0.2, 0) is 0 Å². The fourth-order valence-electron chi connectivity index (χ4n) is 3.07. The summed E-state index contributed by atoms with van der Waals surface area (Å²) in [6.45, 7) is 2.13. The van der Waals surface area contributed by atoms with Gasteiger partial charge in [0.1, 0.15) is 0 Å². The van der Waals surface area contributed by atoms with Crippen molar-refractivity contribution in [3.63, 3.8) is 0 Å². The molecule has 142 valence electrons. The summed E-state index contributed by atoms with van der Waals surface area (Å²) >= 11 is 0. The molecule has 0 aromatic carbocycles. The Labute approximate surface area is 158 Å². The Bertz CT molecular complexity index is 493. The van der Waals surface area contributed by atoms with Gasteiger partial charge in [-0.05, 0) is 37.1 Å². The van der Waals surface area contributed by atoms with E-state index in [0.29, 0.717) is 0 Å². The summed E-state index contributed by atoms with van der Waals surface area (Å²) in [5.41, 5.74) is 2.35. The molecule has 0 aliphatic rings. The monoisotopic (exact) mass is 354 g/mol. The molecule has 4 nitrogen and oxygen atoms in total. The van der Waals surface area contributed by atoms with E-state index in [1.165, 1.54) is 75.6 Å². The topological polar surface area (TPSA) is 49.8 Å². The van der Waals surface area contributed by atoms with E-state index in [0.717, 1.165) is 13.1 Å². The zero-order valence-corrected chi connectivity index (χ0v) is 16.0. The number of nitrogens with zero attached hydrogens (tertiary/aromatic N) is 2. The van der Waals surface area contributed by atoms with E-state index in [1.807, 2.05) is 49.1 Å². The minimum absolute atomic E-state index is 1.07. The number of anilines is 2. The smallest absolute Gasteiger partial charge is 0.0371 e. The van der Waals surface area contributed by atoms with Crippen LogP contribution >= 0.6 is 0 Å². The SMILES string of the molecule is c1cc(NCCCCCCCCCCCCNc2ccncc2)ccn1. The van der Waals surface area contributed by atoms with Crippen molar-refractivity contribution in [1.29, 1.82) is 0 Å². The fourth-order valence-corrected chi connectivity index (χ4v) is 3.07. The van der Waals surface area contributed by atoms with Gasteiger partial charge in [-0.2, -0.15) is 0 Å². The van der Waals surface area contributed by atoms with Crippen LogP contribution in [0, 0.1) is 0 Å². The van der Waals surface area contributed by atoms with Crippen LogP contribution in [-0.4, -0.2) is 23.1 Å².